The van der Waals surface area contributed by atoms with Gasteiger partial charge in [0.05, 0.1) is 6.61 Å². The molecule has 0 aliphatic heterocycles. The second kappa shape index (κ2) is 10.9. The summed E-state index contributed by atoms with van der Waals surface area (Å²) >= 11 is 0. The number of hydrogen-bond acceptors (Lipinski definition) is 4. The van der Waals surface area contributed by atoms with Crippen LogP contribution in [0.15, 0.2) is 54.6 Å². The average Bonchev–Trinajstić information content (AvgIpc) is 2.69. The van der Waals surface area contributed by atoms with Gasteiger partial charge in [-0.3, -0.25) is 4.79 Å². The Bertz CT molecular complexity index is 800. The van der Waals surface area contributed by atoms with E-state index in [1.165, 1.54) is 25.1 Å². The molecule has 0 aliphatic rings. The van der Waals surface area contributed by atoms with E-state index in [0.717, 1.165) is 16.9 Å². The first-order valence-electron chi connectivity index (χ1n) is 9.11. The van der Waals surface area contributed by atoms with E-state index in [1.807, 2.05) is 31.2 Å². The summed E-state index contributed by atoms with van der Waals surface area (Å²) in [6.45, 7) is 4.37. The predicted molar refractivity (Wildman–Crippen MR) is 105 cm³/mol. The highest BCUT2D eigenvalue weighted by atomic mass is 19.1. The van der Waals surface area contributed by atoms with Crippen molar-refractivity contribution in [3.8, 4) is 5.75 Å². The van der Waals surface area contributed by atoms with Gasteiger partial charge in [0.15, 0.2) is 6.10 Å². The third-order valence-electron chi connectivity index (χ3n) is 3.89. The van der Waals surface area contributed by atoms with Gasteiger partial charge in [0.1, 0.15) is 11.6 Å². The summed E-state index contributed by atoms with van der Waals surface area (Å²) in [6.07, 6.45) is 2.53. The minimum absolute atomic E-state index is 0.299. The van der Waals surface area contributed by atoms with Crippen molar-refractivity contribution < 1.29 is 23.5 Å². The molecule has 0 aromatic heterocycles. The molecular weight excluding hydrogens is 361 g/mol. The molecule has 2 rings (SSSR count). The highest BCUT2D eigenvalue weighted by Crippen LogP contribution is 2.13. The number of nitrogens with one attached hydrogen (secondary N) is 1. The van der Waals surface area contributed by atoms with Crippen LogP contribution in [0, 0.1) is 5.82 Å². The lowest BCUT2D eigenvalue weighted by Crippen LogP contribution is -2.36. The van der Waals surface area contributed by atoms with Crippen molar-refractivity contribution in [2.75, 3.05) is 13.2 Å². The number of carbonyl (C=O) groups is 2. The van der Waals surface area contributed by atoms with E-state index in [2.05, 4.69) is 5.32 Å². The summed E-state index contributed by atoms with van der Waals surface area (Å²) in [5.41, 5.74) is 1.72. The van der Waals surface area contributed by atoms with Crippen molar-refractivity contribution in [3.05, 3.63) is 71.6 Å². The Labute approximate surface area is 164 Å². The average molecular weight is 385 g/mol. The highest BCUT2D eigenvalue weighted by Gasteiger charge is 2.15. The lowest BCUT2D eigenvalue weighted by Gasteiger charge is -2.12. The second-order valence-corrected chi connectivity index (χ2v) is 6.08. The summed E-state index contributed by atoms with van der Waals surface area (Å²) in [6, 6.07) is 13.3. The molecule has 0 saturated carbocycles. The Morgan fingerprint density at radius 2 is 1.79 bits per heavy atom. The standard InChI is InChI=1S/C22H24FNO4/c1-3-27-20-11-6-17(7-12-20)8-13-21(25)28-16(2)22(26)24-15-14-18-4-9-19(23)10-5-18/h4-13,16H,3,14-15H2,1-2H3,(H,24,26)/b13-8+/t16-/m0/s1. The molecule has 148 valence electrons. The van der Waals surface area contributed by atoms with Crippen LogP contribution in [0.25, 0.3) is 6.08 Å². The maximum Gasteiger partial charge on any atom is 0.331 e. The zero-order chi connectivity index (χ0) is 20.4. The van der Waals surface area contributed by atoms with E-state index in [-0.39, 0.29) is 11.7 Å². The van der Waals surface area contributed by atoms with Gasteiger partial charge in [-0.15, -0.1) is 0 Å². The Morgan fingerprint density at radius 1 is 1.11 bits per heavy atom. The molecule has 1 N–H and O–H groups in total. The predicted octanol–water partition coefficient (Wildman–Crippen LogP) is 3.53. The van der Waals surface area contributed by atoms with Crippen LogP contribution in [0.1, 0.15) is 25.0 Å². The molecule has 2 aromatic rings. The molecule has 28 heavy (non-hydrogen) atoms. The maximum absolute atomic E-state index is 12.9. The first-order valence-corrected chi connectivity index (χ1v) is 9.11. The topological polar surface area (TPSA) is 64.6 Å². The van der Waals surface area contributed by atoms with Crippen LogP contribution < -0.4 is 10.1 Å². The Kier molecular flexibility index (Phi) is 8.21. The van der Waals surface area contributed by atoms with Crippen molar-refractivity contribution >= 4 is 18.0 Å². The Hall–Kier alpha value is -3.15. The molecule has 0 fully saturated rings. The normalized spacial score (nSPS) is 11.8. The first kappa shape index (κ1) is 21.2. The molecule has 1 atom stereocenters. The van der Waals surface area contributed by atoms with Crippen molar-refractivity contribution in [1.82, 2.24) is 5.32 Å². The van der Waals surface area contributed by atoms with Gasteiger partial charge in [-0.1, -0.05) is 24.3 Å². The molecule has 0 spiro atoms. The summed E-state index contributed by atoms with van der Waals surface area (Å²) in [4.78, 5) is 23.9. The van der Waals surface area contributed by atoms with Crippen molar-refractivity contribution in [1.29, 1.82) is 0 Å². The molecule has 0 heterocycles. The molecule has 5 nitrogen and oxygen atoms in total. The van der Waals surface area contributed by atoms with Gasteiger partial charge in [0.2, 0.25) is 0 Å². The minimum Gasteiger partial charge on any atom is -0.494 e. The fraction of sp³-hybridized carbons (Fsp3) is 0.273. The summed E-state index contributed by atoms with van der Waals surface area (Å²) in [5, 5.41) is 2.69. The van der Waals surface area contributed by atoms with Crippen molar-refractivity contribution in [2.45, 2.75) is 26.4 Å². The fourth-order valence-electron chi connectivity index (χ4n) is 2.40. The van der Waals surface area contributed by atoms with E-state index in [0.29, 0.717) is 19.6 Å². The summed E-state index contributed by atoms with van der Waals surface area (Å²) in [7, 11) is 0. The van der Waals surface area contributed by atoms with Crippen LogP contribution in [0.5, 0.6) is 5.75 Å². The zero-order valence-electron chi connectivity index (χ0n) is 16.0. The molecule has 1 amide bonds. The van der Waals surface area contributed by atoms with E-state index in [1.54, 1.807) is 18.2 Å². The summed E-state index contributed by atoms with van der Waals surface area (Å²) < 4.78 is 23.3. The van der Waals surface area contributed by atoms with Gasteiger partial charge in [0, 0.05) is 12.6 Å². The third kappa shape index (κ3) is 7.23. The molecule has 0 radical (unpaired) electrons. The lowest BCUT2D eigenvalue weighted by atomic mass is 10.1. The van der Waals surface area contributed by atoms with Crippen molar-refractivity contribution in [2.24, 2.45) is 0 Å². The zero-order valence-corrected chi connectivity index (χ0v) is 16.0. The highest BCUT2D eigenvalue weighted by molar-refractivity contribution is 5.90. The van der Waals surface area contributed by atoms with Crippen molar-refractivity contribution in [3.63, 3.8) is 0 Å². The number of benzene rings is 2. The van der Waals surface area contributed by atoms with Crippen LogP contribution in [0.2, 0.25) is 0 Å². The fourth-order valence-corrected chi connectivity index (χ4v) is 2.40. The van der Waals surface area contributed by atoms with Crippen LogP contribution in [-0.2, 0) is 20.7 Å². The number of amides is 1. The van der Waals surface area contributed by atoms with E-state index in [9.17, 15) is 14.0 Å². The number of carbonyl (C=O) groups excluding carboxylic acids is 2. The largest absolute Gasteiger partial charge is 0.494 e. The molecule has 0 bridgehead atoms. The van der Waals surface area contributed by atoms with E-state index < -0.39 is 12.1 Å². The Morgan fingerprint density at radius 3 is 2.43 bits per heavy atom. The SMILES string of the molecule is CCOc1ccc(/C=C/C(=O)O[C@@H](C)C(=O)NCCc2ccc(F)cc2)cc1. The number of ether oxygens (including phenoxy) is 2. The molecule has 0 saturated heterocycles. The van der Waals surface area contributed by atoms with Gasteiger partial charge in [-0.2, -0.15) is 0 Å². The number of hydrogen-bond donors (Lipinski definition) is 1. The van der Waals surface area contributed by atoms with E-state index in [4.69, 9.17) is 9.47 Å². The number of esters is 1. The van der Waals surface area contributed by atoms with Crippen LogP contribution in [0.3, 0.4) is 0 Å². The lowest BCUT2D eigenvalue weighted by molar-refractivity contribution is -0.150. The first-order chi connectivity index (χ1) is 13.5. The van der Waals surface area contributed by atoms with Gasteiger partial charge >= 0.3 is 5.97 Å². The quantitative estimate of drug-likeness (QED) is 0.530. The van der Waals surface area contributed by atoms with Crippen LogP contribution in [0.4, 0.5) is 4.39 Å². The molecule has 0 aliphatic carbocycles. The monoisotopic (exact) mass is 385 g/mol. The summed E-state index contributed by atoms with van der Waals surface area (Å²) in [5.74, 6) is -0.528. The van der Waals surface area contributed by atoms with E-state index >= 15 is 0 Å². The van der Waals surface area contributed by atoms with Gasteiger partial charge < -0.3 is 14.8 Å². The molecule has 2 aromatic carbocycles. The van der Waals surface area contributed by atoms with Gasteiger partial charge in [0.25, 0.3) is 5.91 Å². The number of rotatable bonds is 9. The second-order valence-electron chi connectivity index (χ2n) is 6.08. The minimum atomic E-state index is -0.911. The smallest absolute Gasteiger partial charge is 0.331 e. The molecule has 6 heteroatoms. The Balaban J connectivity index is 1.74. The maximum atomic E-state index is 12.9. The van der Waals surface area contributed by atoms with Crippen LogP contribution in [-0.4, -0.2) is 31.1 Å². The van der Waals surface area contributed by atoms with Gasteiger partial charge in [-0.25, -0.2) is 9.18 Å². The molecule has 0 unspecified atom stereocenters. The number of halogens is 1. The third-order valence-corrected chi connectivity index (χ3v) is 3.89. The van der Waals surface area contributed by atoms with Gasteiger partial charge in [-0.05, 0) is 61.7 Å². The molecular formula is C22H24FNO4. The van der Waals surface area contributed by atoms with Crippen LogP contribution >= 0.6 is 0 Å².